The number of hydrogen-bond donors (Lipinski definition) is 1. The Labute approximate surface area is 115 Å². The van der Waals surface area contributed by atoms with Crippen molar-refractivity contribution < 1.29 is 14.4 Å². The minimum atomic E-state index is -0.241. The molecule has 1 N–H and O–H groups in total. The summed E-state index contributed by atoms with van der Waals surface area (Å²) in [4.78, 5) is 11.9. The third-order valence-corrected chi connectivity index (χ3v) is 3.56. The first-order valence-electron chi connectivity index (χ1n) is 6.58. The average Bonchev–Trinajstić information content (AvgIpc) is 2.94. The van der Waals surface area contributed by atoms with Gasteiger partial charge in [0.25, 0.3) is 0 Å². The molecule has 0 bridgehead atoms. The van der Waals surface area contributed by atoms with E-state index in [1.807, 2.05) is 12.1 Å². The number of aryl methyl sites for hydroxylation is 1. The number of ether oxygens (including phenoxy) is 1. The Morgan fingerprint density at radius 2 is 2.20 bits per heavy atom. The predicted octanol–water partition coefficient (Wildman–Crippen LogP) is 2.51. The van der Waals surface area contributed by atoms with Gasteiger partial charge in [-0.15, -0.1) is 0 Å². The summed E-state index contributed by atoms with van der Waals surface area (Å²) in [7, 11) is 0. The van der Waals surface area contributed by atoms with Crippen LogP contribution in [0.5, 0.6) is 5.75 Å². The van der Waals surface area contributed by atoms with Crippen molar-refractivity contribution in [1.82, 2.24) is 0 Å². The minimum absolute atomic E-state index is 0.192. The van der Waals surface area contributed by atoms with E-state index in [-0.39, 0.29) is 12.2 Å². The molecule has 1 aliphatic rings. The van der Waals surface area contributed by atoms with E-state index in [1.54, 1.807) is 13.0 Å². The van der Waals surface area contributed by atoms with Gasteiger partial charge in [0.1, 0.15) is 17.9 Å². The van der Waals surface area contributed by atoms with Gasteiger partial charge in [-0.1, -0.05) is 5.16 Å². The lowest BCUT2D eigenvalue weighted by Crippen LogP contribution is -2.08. The molecule has 1 aromatic carbocycles. The lowest BCUT2D eigenvalue weighted by Gasteiger charge is -2.08. The molecule has 0 saturated carbocycles. The number of hydrogen-bond acceptors (Lipinski definition) is 5. The van der Waals surface area contributed by atoms with Crippen LogP contribution in [0, 0.1) is 0 Å². The summed E-state index contributed by atoms with van der Waals surface area (Å²) >= 11 is 0. The van der Waals surface area contributed by atoms with E-state index in [4.69, 9.17) is 14.4 Å². The summed E-state index contributed by atoms with van der Waals surface area (Å²) in [6, 6.07) is 5.47. The molecule has 2 aromatic rings. The molecule has 0 saturated heterocycles. The van der Waals surface area contributed by atoms with Crippen molar-refractivity contribution in [2.45, 2.75) is 26.2 Å². The molecule has 0 spiro atoms. The summed E-state index contributed by atoms with van der Waals surface area (Å²) < 4.78 is 10.8. The maximum atomic E-state index is 11.9. The zero-order chi connectivity index (χ0) is 14.1. The maximum absolute atomic E-state index is 11.9. The lowest BCUT2D eigenvalue weighted by atomic mass is 10.1. The van der Waals surface area contributed by atoms with Crippen LogP contribution in [0.4, 0.5) is 0 Å². The summed E-state index contributed by atoms with van der Waals surface area (Å²) in [5, 5.41) is 12.6. The Kier molecular flexibility index (Phi) is 3.18. The third-order valence-electron chi connectivity index (χ3n) is 3.56. The fourth-order valence-corrected chi connectivity index (χ4v) is 2.57. The fourth-order valence-electron chi connectivity index (χ4n) is 2.57. The van der Waals surface area contributed by atoms with Crippen molar-refractivity contribution in [1.29, 1.82) is 0 Å². The van der Waals surface area contributed by atoms with E-state index >= 15 is 0 Å². The van der Waals surface area contributed by atoms with E-state index in [0.717, 1.165) is 35.8 Å². The molecule has 0 radical (unpaired) electrons. The number of benzene rings is 1. The first kappa shape index (κ1) is 12.7. The molecule has 104 valence electrons. The van der Waals surface area contributed by atoms with Crippen LogP contribution < -0.4 is 10.4 Å². The van der Waals surface area contributed by atoms with Gasteiger partial charge in [-0.05, 0) is 43.9 Å². The van der Waals surface area contributed by atoms with Crippen molar-refractivity contribution in [2.75, 3.05) is 6.61 Å². The monoisotopic (exact) mass is 273 g/mol. The van der Waals surface area contributed by atoms with Gasteiger partial charge in [0, 0.05) is 17.0 Å². The molecule has 0 amide bonds. The molecule has 20 heavy (non-hydrogen) atoms. The van der Waals surface area contributed by atoms with Gasteiger partial charge in [-0.2, -0.15) is 0 Å². The largest absolute Gasteiger partial charge is 0.487 e. The van der Waals surface area contributed by atoms with E-state index in [9.17, 15) is 4.79 Å². The van der Waals surface area contributed by atoms with E-state index in [0.29, 0.717) is 17.0 Å². The van der Waals surface area contributed by atoms with Crippen molar-refractivity contribution in [3.8, 4) is 5.75 Å². The van der Waals surface area contributed by atoms with Crippen LogP contribution in [0.1, 0.15) is 24.5 Å². The Bertz CT molecular complexity index is 745. The van der Waals surface area contributed by atoms with E-state index < -0.39 is 0 Å². The minimum Gasteiger partial charge on any atom is -0.487 e. The Hall–Kier alpha value is -2.30. The predicted molar refractivity (Wildman–Crippen MR) is 74.9 cm³/mol. The van der Waals surface area contributed by atoms with Crippen LogP contribution in [0.15, 0.2) is 32.6 Å². The summed E-state index contributed by atoms with van der Waals surface area (Å²) in [6.07, 6.45) is 2.73. The van der Waals surface area contributed by atoms with E-state index in [1.165, 1.54) is 0 Å². The standard InChI is InChI=1S/C15H15NO4/c1-9(16-18)8-19-10-5-6-12-11-3-2-4-13(11)15(17)20-14(12)7-10/h5-7,18H,2-4,8H2,1H3/b16-9+. The second-order valence-electron chi connectivity index (χ2n) is 4.98. The highest BCUT2D eigenvalue weighted by Gasteiger charge is 2.19. The van der Waals surface area contributed by atoms with Crippen LogP contribution >= 0.6 is 0 Å². The van der Waals surface area contributed by atoms with Crippen molar-refractivity contribution >= 4 is 16.7 Å². The number of fused-ring (bicyclic) bond motifs is 3. The SMILES string of the molecule is C/C(COc1ccc2c3c(c(=O)oc2c1)CCC3)=N\O. The molecule has 1 aliphatic carbocycles. The van der Waals surface area contributed by atoms with Crippen molar-refractivity contribution in [3.63, 3.8) is 0 Å². The van der Waals surface area contributed by atoms with Gasteiger partial charge in [0.2, 0.25) is 0 Å². The second-order valence-corrected chi connectivity index (χ2v) is 4.98. The molecule has 0 aliphatic heterocycles. The molecule has 1 heterocycles. The smallest absolute Gasteiger partial charge is 0.339 e. The first-order valence-corrected chi connectivity index (χ1v) is 6.58. The van der Waals surface area contributed by atoms with Crippen LogP contribution in [0.3, 0.4) is 0 Å². The van der Waals surface area contributed by atoms with Crippen LogP contribution in [-0.4, -0.2) is 17.5 Å². The highest BCUT2D eigenvalue weighted by molar-refractivity contribution is 5.84. The van der Waals surface area contributed by atoms with E-state index in [2.05, 4.69) is 5.16 Å². The number of nitrogens with zero attached hydrogens (tertiary/aromatic N) is 1. The topological polar surface area (TPSA) is 72.0 Å². The Morgan fingerprint density at radius 3 is 3.00 bits per heavy atom. The summed E-state index contributed by atoms with van der Waals surface area (Å²) in [6.45, 7) is 1.85. The highest BCUT2D eigenvalue weighted by Crippen LogP contribution is 2.29. The van der Waals surface area contributed by atoms with Crippen molar-refractivity contribution in [3.05, 3.63) is 39.7 Å². The molecular weight excluding hydrogens is 258 g/mol. The fraction of sp³-hybridized carbons (Fsp3) is 0.333. The summed E-state index contributed by atoms with van der Waals surface area (Å²) in [5.41, 5.74) is 2.70. The maximum Gasteiger partial charge on any atom is 0.339 e. The molecule has 0 unspecified atom stereocenters. The molecule has 1 aromatic heterocycles. The zero-order valence-electron chi connectivity index (χ0n) is 11.2. The van der Waals surface area contributed by atoms with Gasteiger partial charge in [-0.3, -0.25) is 0 Å². The summed E-state index contributed by atoms with van der Waals surface area (Å²) in [5.74, 6) is 0.585. The molecular formula is C15H15NO4. The number of oxime groups is 1. The molecule has 5 heteroatoms. The average molecular weight is 273 g/mol. The Balaban J connectivity index is 2.00. The third kappa shape index (κ3) is 2.15. The van der Waals surface area contributed by atoms with Gasteiger partial charge < -0.3 is 14.4 Å². The molecule has 3 rings (SSSR count). The Morgan fingerprint density at radius 1 is 1.40 bits per heavy atom. The van der Waals surface area contributed by atoms with Crippen LogP contribution in [-0.2, 0) is 12.8 Å². The molecule has 5 nitrogen and oxygen atoms in total. The normalized spacial score (nSPS) is 14.6. The zero-order valence-corrected chi connectivity index (χ0v) is 11.2. The van der Waals surface area contributed by atoms with Gasteiger partial charge >= 0.3 is 5.63 Å². The lowest BCUT2D eigenvalue weighted by molar-refractivity contribution is 0.307. The van der Waals surface area contributed by atoms with Gasteiger partial charge in [0.05, 0.1) is 5.71 Å². The second kappa shape index (κ2) is 5.00. The first-order chi connectivity index (χ1) is 9.69. The van der Waals surface area contributed by atoms with Gasteiger partial charge in [0.15, 0.2) is 0 Å². The molecule has 0 fully saturated rings. The van der Waals surface area contributed by atoms with Crippen molar-refractivity contribution in [2.24, 2.45) is 5.16 Å². The van der Waals surface area contributed by atoms with Crippen LogP contribution in [0.2, 0.25) is 0 Å². The van der Waals surface area contributed by atoms with Crippen LogP contribution in [0.25, 0.3) is 11.0 Å². The van der Waals surface area contributed by atoms with Gasteiger partial charge in [-0.25, -0.2) is 4.79 Å². The quantitative estimate of drug-likeness (QED) is 0.403. The molecule has 0 atom stereocenters. The highest BCUT2D eigenvalue weighted by atomic mass is 16.5. The number of rotatable bonds is 3.